The van der Waals surface area contributed by atoms with E-state index < -0.39 is 12.0 Å². The van der Waals surface area contributed by atoms with E-state index in [9.17, 15) is 14.0 Å². The predicted molar refractivity (Wildman–Crippen MR) is 105 cm³/mol. The molecule has 0 aliphatic heterocycles. The van der Waals surface area contributed by atoms with Crippen LogP contribution < -0.4 is 5.32 Å². The Morgan fingerprint density at radius 3 is 2.11 bits per heavy atom. The van der Waals surface area contributed by atoms with Crippen LogP contribution in [-0.4, -0.2) is 25.0 Å². The number of rotatable bonds is 6. The zero-order chi connectivity index (χ0) is 19.9. The lowest BCUT2D eigenvalue weighted by atomic mass is 10.0. The van der Waals surface area contributed by atoms with Gasteiger partial charge in [-0.3, -0.25) is 4.79 Å². The number of halogens is 1. The molecule has 0 bridgehead atoms. The van der Waals surface area contributed by atoms with Crippen molar-refractivity contribution in [2.24, 2.45) is 0 Å². The van der Waals surface area contributed by atoms with Crippen molar-refractivity contribution in [1.29, 1.82) is 0 Å². The van der Waals surface area contributed by atoms with Crippen LogP contribution in [0.1, 0.15) is 15.9 Å². The molecule has 3 rings (SSSR count). The molecule has 5 heteroatoms. The standard InChI is InChI=1S/C23H20FNO3/c1-28-23(27)21(15-16-7-13-20(24)14-8-16)25-22(26)19-11-9-18(10-12-19)17-5-3-2-4-6-17/h2-14,21H,15H2,1H3,(H,25,26)/t21-/m0/s1. The van der Waals surface area contributed by atoms with Gasteiger partial charge in [0.15, 0.2) is 0 Å². The maximum absolute atomic E-state index is 13.1. The van der Waals surface area contributed by atoms with Crippen LogP contribution in [0.15, 0.2) is 78.9 Å². The Morgan fingerprint density at radius 1 is 0.893 bits per heavy atom. The van der Waals surface area contributed by atoms with E-state index in [4.69, 9.17) is 4.74 Å². The Bertz CT molecular complexity index is 938. The molecule has 0 aliphatic carbocycles. The molecular formula is C23H20FNO3. The van der Waals surface area contributed by atoms with Gasteiger partial charge in [0.2, 0.25) is 0 Å². The molecule has 1 amide bonds. The predicted octanol–water partition coefficient (Wildman–Crippen LogP) is 4.01. The van der Waals surface area contributed by atoms with Crippen LogP contribution in [-0.2, 0) is 16.0 Å². The third-order valence-electron chi connectivity index (χ3n) is 4.40. The summed E-state index contributed by atoms with van der Waals surface area (Å²) in [6.45, 7) is 0. The number of ether oxygens (including phenoxy) is 1. The molecule has 0 spiro atoms. The lowest BCUT2D eigenvalue weighted by molar-refractivity contribution is -0.142. The number of benzene rings is 3. The Hall–Kier alpha value is -3.47. The van der Waals surface area contributed by atoms with Gasteiger partial charge in [0.1, 0.15) is 11.9 Å². The average Bonchev–Trinajstić information content (AvgIpc) is 2.75. The Balaban J connectivity index is 1.72. The first-order chi connectivity index (χ1) is 13.6. The van der Waals surface area contributed by atoms with E-state index in [-0.39, 0.29) is 18.1 Å². The van der Waals surface area contributed by atoms with E-state index in [1.165, 1.54) is 19.2 Å². The second-order valence-corrected chi connectivity index (χ2v) is 6.32. The summed E-state index contributed by atoms with van der Waals surface area (Å²) in [5.74, 6) is -1.29. The van der Waals surface area contributed by atoms with Crippen LogP contribution in [0.25, 0.3) is 11.1 Å². The molecule has 1 atom stereocenters. The van der Waals surface area contributed by atoms with Crippen LogP contribution in [0, 0.1) is 5.82 Å². The number of amides is 1. The van der Waals surface area contributed by atoms with Gasteiger partial charge in [0, 0.05) is 12.0 Å². The fourth-order valence-electron chi connectivity index (χ4n) is 2.88. The third kappa shape index (κ3) is 4.82. The summed E-state index contributed by atoms with van der Waals surface area (Å²) in [5, 5.41) is 2.70. The molecule has 0 saturated carbocycles. The molecular weight excluding hydrogens is 357 g/mol. The zero-order valence-electron chi connectivity index (χ0n) is 15.4. The minimum atomic E-state index is -0.864. The molecule has 0 fully saturated rings. The van der Waals surface area contributed by atoms with Crippen LogP contribution in [0.2, 0.25) is 0 Å². The van der Waals surface area contributed by atoms with Gasteiger partial charge < -0.3 is 10.1 Å². The zero-order valence-corrected chi connectivity index (χ0v) is 15.4. The van der Waals surface area contributed by atoms with Crippen LogP contribution in [0.3, 0.4) is 0 Å². The molecule has 0 aromatic heterocycles. The lowest BCUT2D eigenvalue weighted by Crippen LogP contribution is -2.43. The maximum Gasteiger partial charge on any atom is 0.328 e. The highest BCUT2D eigenvalue weighted by Gasteiger charge is 2.22. The van der Waals surface area contributed by atoms with Gasteiger partial charge >= 0.3 is 5.97 Å². The minimum absolute atomic E-state index is 0.209. The van der Waals surface area contributed by atoms with E-state index in [0.29, 0.717) is 5.56 Å². The Morgan fingerprint density at radius 2 is 1.50 bits per heavy atom. The van der Waals surface area contributed by atoms with Crippen molar-refractivity contribution in [3.63, 3.8) is 0 Å². The van der Waals surface area contributed by atoms with Gasteiger partial charge in [0.25, 0.3) is 5.91 Å². The minimum Gasteiger partial charge on any atom is -0.467 e. The molecule has 0 heterocycles. The smallest absolute Gasteiger partial charge is 0.328 e. The molecule has 0 aliphatic rings. The Labute approximate surface area is 163 Å². The van der Waals surface area contributed by atoms with Crippen molar-refractivity contribution in [3.8, 4) is 11.1 Å². The van der Waals surface area contributed by atoms with E-state index in [0.717, 1.165) is 16.7 Å². The monoisotopic (exact) mass is 377 g/mol. The topological polar surface area (TPSA) is 55.4 Å². The molecule has 3 aromatic carbocycles. The van der Waals surface area contributed by atoms with Crippen molar-refractivity contribution in [2.45, 2.75) is 12.5 Å². The summed E-state index contributed by atoms with van der Waals surface area (Å²) >= 11 is 0. The fourth-order valence-corrected chi connectivity index (χ4v) is 2.88. The third-order valence-corrected chi connectivity index (χ3v) is 4.40. The average molecular weight is 377 g/mol. The fraction of sp³-hybridized carbons (Fsp3) is 0.130. The number of esters is 1. The van der Waals surface area contributed by atoms with Gasteiger partial charge in [-0.1, -0.05) is 54.6 Å². The van der Waals surface area contributed by atoms with Crippen molar-refractivity contribution in [3.05, 3.63) is 95.8 Å². The number of carbonyl (C=O) groups excluding carboxylic acids is 2. The van der Waals surface area contributed by atoms with Crippen LogP contribution in [0.4, 0.5) is 4.39 Å². The first kappa shape index (κ1) is 19.3. The molecule has 4 nitrogen and oxygen atoms in total. The number of methoxy groups -OCH3 is 1. The number of hydrogen-bond acceptors (Lipinski definition) is 3. The summed E-state index contributed by atoms with van der Waals surface area (Å²) in [6.07, 6.45) is 0.209. The first-order valence-corrected chi connectivity index (χ1v) is 8.85. The first-order valence-electron chi connectivity index (χ1n) is 8.85. The van der Waals surface area contributed by atoms with Crippen LogP contribution >= 0.6 is 0 Å². The van der Waals surface area contributed by atoms with Gasteiger partial charge in [-0.2, -0.15) is 0 Å². The van der Waals surface area contributed by atoms with Gasteiger partial charge in [0.05, 0.1) is 7.11 Å². The van der Waals surface area contributed by atoms with E-state index in [1.54, 1.807) is 24.3 Å². The van der Waals surface area contributed by atoms with E-state index in [2.05, 4.69) is 5.32 Å². The summed E-state index contributed by atoms with van der Waals surface area (Å²) in [5.41, 5.74) is 3.20. The van der Waals surface area contributed by atoms with Gasteiger partial charge in [-0.15, -0.1) is 0 Å². The second-order valence-electron chi connectivity index (χ2n) is 6.32. The van der Waals surface area contributed by atoms with Gasteiger partial charge in [-0.25, -0.2) is 9.18 Å². The molecule has 0 saturated heterocycles. The van der Waals surface area contributed by atoms with E-state index in [1.807, 2.05) is 42.5 Å². The number of nitrogens with one attached hydrogen (secondary N) is 1. The highest BCUT2D eigenvalue weighted by molar-refractivity contribution is 5.97. The van der Waals surface area contributed by atoms with Gasteiger partial charge in [-0.05, 0) is 41.0 Å². The Kier molecular flexibility index (Phi) is 6.17. The highest BCUT2D eigenvalue weighted by Crippen LogP contribution is 2.19. The molecule has 0 unspecified atom stereocenters. The quantitative estimate of drug-likeness (QED) is 0.661. The molecule has 142 valence electrons. The number of carbonyl (C=O) groups is 2. The summed E-state index contributed by atoms with van der Waals surface area (Å²) < 4.78 is 17.9. The van der Waals surface area contributed by atoms with Crippen LogP contribution in [0.5, 0.6) is 0 Å². The number of hydrogen-bond donors (Lipinski definition) is 1. The molecule has 0 radical (unpaired) electrons. The lowest BCUT2D eigenvalue weighted by Gasteiger charge is -2.17. The van der Waals surface area contributed by atoms with Crippen molar-refractivity contribution in [1.82, 2.24) is 5.32 Å². The summed E-state index contributed by atoms with van der Waals surface area (Å²) in [4.78, 5) is 24.7. The molecule has 1 N–H and O–H groups in total. The van der Waals surface area contributed by atoms with Crippen molar-refractivity contribution in [2.75, 3.05) is 7.11 Å². The second kappa shape index (κ2) is 8.95. The largest absolute Gasteiger partial charge is 0.467 e. The highest BCUT2D eigenvalue weighted by atomic mass is 19.1. The normalized spacial score (nSPS) is 11.5. The summed E-state index contributed by atoms with van der Waals surface area (Å²) in [7, 11) is 1.26. The summed E-state index contributed by atoms with van der Waals surface area (Å²) in [6, 6.07) is 21.9. The molecule has 3 aromatic rings. The van der Waals surface area contributed by atoms with E-state index >= 15 is 0 Å². The molecule has 28 heavy (non-hydrogen) atoms. The maximum atomic E-state index is 13.1. The SMILES string of the molecule is COC(=O)[C@H](Cc1ccc(F)cc1)NC(=O)c1ccc(-c2ccccc2)cc1. The van der Waals surface area contributed by atoms with Crippen molar-refractivity contribution < 1.29 is 18.7 Å². The van der Waals surface area contributed by atoms with Crippen molar-refractivity contribution >= 4 is 11.9 Å².